The van der Waals surface area contributed by atoms with Crippen molar-refractivity contribution < 1.29 is 4.79 Å². The van der Waals surface area contributed by atoms with E-state index in [1.54, 1.807) is 18.2 Å². The second kappa shape index (κ2) is 8.29. The van der Waals surface area contributed by atoms with Crippen molar-refractivity contribution in [2.75, 3.05) is 12.4 Å². The van der Waals surface area contributed by atoms with E-state index >= 15 is 0 Å². The van der Waals surface area contributed by atoms with Crippen molar-refractivity contribution in [3.05, 3.63) is 63.1 Å². The molecule has 0 saturated heterocycles. The monoisotopic (exact) mass is 405 g/mol. The van der Waals surface area contributed by atoms with Gasteiger partial charge in [0.25, 0.3) is 0 Å². The van der Waals surface area contributed by atoms with Crippen LogP contribution in [0.15, 0.2) is 46.9 Å². The number of hydrogen-bond acceptors (Lipinski definition) is 3. The Morgan fingerprint density at radius 1 is 1.38 bits per heavy atom. The van der Waals surface area contributed by atoms with Gasteiger partial charge in [0.1, 0.15) is 6.07 Å². The first-order chi connectivity index (χ1) is 11.4. The van der Waals surface area contributed by atoms with Crippen molar-refractivity contribution in [3.63, 3.8) is 0 Å². The average molecular weight is 407 g/mol. The molecule has 1 N–H and O–H groups in total. The van der Waals surface area contributed by atoms with E-state index < -0.39 is 0 Å². The van der Waals surface area contributed by atoms with E-state index in [0.717, 1.165) is 10.0 Å². The highest BCUT2D eigenvalue weighted by Crippen LogP contribution is 2.21. The molecule has 1 amide bonds. The maximum atomic E-state index is 12.4. The molecule has 0 bridgehead atoms. The number of nitrogens with one attached hydrogen (secondary N) is 1. The fraction of sp³-hybridized carbons (Fsp3) is 0.222. The number of carbonyl (C=O) groups excluding carboxylic acids is 1. The van der Waals surface area contributed by atoms with Crippen molar-refractivity contribution >= 4 is 39.1 Å². The smallest absolute Gasteiger partial charge is 0.241 e. The summed E-state index contributed by atoms with van der Waals surface area (Å²) in [5, 5.41) is 12.0. The van der Waals surface area contributed by atoms with E-state index in [2.05, 4.69) is 21.2 Å². The lowest BCUT2D eigenvalue weighted by atomic mass is 10.1. The zero-order chi connectivity index (χ0) is 17.7. The number of likely N-dealkylation sites (N-methyl/N-ethyl adjacent to an activating group) is 1. The first-order valence-electron chi connectivity index (χ1n) is 7.36. The number of halogens is 2. The number of nitrogens with zero attached hydrogens (tertiary/aromatic N) is 2. The quantitative estimate of drug-likeness (QED) is 0.799. The number of hydrogen-bond donors (Lipinski definition) is 1. The molecule has 1 atom stereocenters. The Morgan fingerprint density at radius 2 is 2.08 bits per heavy atom. The van der Waals surface area contributed by atoms with Crippen LogP contribution in [-0.4, -0.2) is 23.9 Å². The van der Waals surface area contributed by atoms with Crippen molar-refractivity contribution in [1.82, 2.24) is 4.90 Å². The van der Waals surface area contributed by atoms with Gasteiger partial charge in [-0.1, -0.05) is 45.7 Å². The van der Waals surface area contributed by atoms with E-state index in [1.807, 2.05) is 49.2 Å². The summed E-state index contributed by atoms with van der Waals surface area (Å²) >= 11 is 9.51. The molecule has 0 aliphatic carbocycles. The van der Waals surface area contributed by atoms with Crippen molar-refractivity contribution in [2.45, 2.75) is 19.5 Å². The minimum Gasteiger partial charge on any atom is -0.325 e. The first kappa shape index (κ1) is 18.5. The molecule has 124 valence electrons. The maximum Gasteiger partial charge on any atom is 0.241 e. The van der Waals surface area contributed by atoms with Crippen molar-refractivity contribution in [1.29, 1.82) is 5.26 Å². The van der Waals surface area contributed by atoms with Crippen LogP contribution in [0.2, 0.25) is 5.02 Å². The number of anilines is 1. The lowest BCUT2D eigenvalue weighted by Gasteiger charge is -2.24. The highest BCUT2D eigenvalue weighted by Gasteiger charge is 2.19. The zero-order valence-corrected chi connectivity index (χ0v) is 15.7. The summed E-state index contributed by atoms with van der Waals surface area (Å²) in [6, 6.07) is 14.4. The predicted octanol–water partition coefficient (Wildman–Crippen LogP) is 4.43. The van der Waals surface area contributed by atoms with Gasteiger partial charge in [-0.3, -0.25) is 9.69 Å². The van der Waals surface area contributed by atoms with Crippen molar-refractivity contribution in [3.8, 4) is 6.07 Å². The molecule has 4 nitrogen and oxygen atoms in total. The van der Waals surface area contributed by atoms with Crippen LogP contribution >= 0.6 is 27.5 Å². The first-order valence-corrected chi connectivity index (χ1v) is 8.53. The standard InChI is InChI=1S/C18H17BrClN3O/c1-12(23(2)11-14-5-3-4-6-16(14)19)18(24)22-15-8-7-13(10-21)17(20)9-15/h3-9,12H,11H2,1-2H3,(H,22,24). The topological polar surface area (TPSA) is 56.1 Å². The van der Waals surface area contributed by atoms with Gasteiger partial charge in [-0.25, -0.2) is 0 Å². The van der Waals surface area contributed by atoms with Gasteiger partial charge in [0.15, 0.2) is 0 Å². The van der Waals surface area contributed by atoms with E-state index in [4.69, 9.17) is 16.9 Å². The van der Waals surface area contributed by atoms with Gasteiger partial charge in [-0.15, -0.1) is 0 Å². The van der Waals surface area contributed by atoms with Crippen LogP contribution in [0.3, 0.4) is 0 Å². The Bertz CT molecular complexity index is 788. The number of nitriles is 1. The summed E-state index contributed by atoms with van der Waals surface area (Å²) < 4.78 is 1.02. The van der Waals surface area contributed by atoms with E-state index in [0.29, 0.717) is 22.8 Å². The Morgan fingerprint density at radius 3 is 2.71 bits per heavy atom. The minimum absolute atomic E-state index is 0.134. The second-order valence-corrected chi connectivity index (χ2v) is 6.74. The van der Waals surface area contributed by atoms with Gasteiger partial charge in [0.05, 0.1) is 16.6 Å². The van der Waals surface area contributed by atoms with Gasteiger partial charge in [0, 0.05) is 16.7 Å². The lowest BCUT2D eigenvalue weighted by Crippen LogP contribution is -2.39. The van der Waals surface area contributed by atoms with Crippen LogP contribution in [0.1, 0.15) is 18.1 Å². The van der Waals surface area contributed by atoms with Gasteiger partial charge in [-0.2, -0.15) is 5.26 Å². The van der Waals surface area contributed by atoms with Crippen LogP contribution in [0.25, 0.3) is 0 Å². The summed E-state index contributed by atoms with van der Waals surface area (Å²) in [4.78, 5) is 14.4. The molecule has 0 fully saturated rings. The molecule has 24 heavy (non-hydrogen) atoms. The molecule has 0 aliphatic rings. The SMILES string of the molecule is CC(C(=O)Nc1ccc(C#N)c(Cl)c1)N(C)Cc1ccccc1Br. The Labute approximate surface area is 155 Å². The molecule has 6 heteroatoms. The van der Waals surface area contributed by atoms with Crippen LogP contribution in [0.5, 0.6) is 0 Å². The predicted molar refractivity (Wildman–Crippen MR) is 99.9 cm³/mol. The van der Waals surface area contributed by atoms with Gasteiger partial charge in [0.2, 0.25) is 5.91 Å². The Balaban J connectivity index is 2.02. The van der Waals surface area contributed by atoms with Gasteiger partial charge >= 0.3 is 0 Å². The largest absolute Gasteiger partial charge is 0.325 e. The van der Waals surface area contributed by atoms with E-state index in [-0.39, 0.29) is 11.9 Å². The highest BCUT2D eigenvalue weighted by atomic mass is 79.9. The molecule has 0 aromatic heterocycles. The third-order valence-electron chi connectivity index (χ3n) is 3.78. The number of rotatable bonds is 5. The van der Waals surface area contributed by atoms with Crippen LogP contribution in [0.4, 0.5) is 5.69 Å². The zero-order valence-electron chi connectivity index (χ0n) is 13.4. The molecule has 2 rings (SSSR count). The fourth-order valence-corrected chi connectivity index (χ4v) is 2.80. The number of carbonyl (C=O) groups is 1. The van der Waals surface area contributed by atoms with Crippen LogP contribution in [-0.2, 0) is 11.3 Å². The molecule has 2 aromatic carbocycles. The molecule has 1 unspecified atom stereocenters. The molecule has 0 aliphatic heterocycles. The van der Waals surface area contributed by atoms with Crippen molar-refractivity contribution in [2.24, 2.45) is 0 Å². The normalized spacial score (nSPS) is 11.8. The van der Waals surface area contributed by atoms with E-state index in [1.165, 1.54) is 0 Å². The fourth-order valence-electron chi connectivity index (χ4n) is 2.16. The van der Waals surface area contributed by atoms with E-state index in [9.17, 15) is 4.79 Å². The van der Waals surface area contributed by atoms with Crippen LogP contribution in [0, 0.1) is 11.3 Å². The van der Waals surface area contributed by atoms with Crippen LogP contribution < -0.4 is 5.32 Å². The highest BCUT2D eigenvalue weighted by molar-refractivity contribution is 9.10. The van der Waals surface area contributed by atoms with Gasteiger partial charge in [-0.05, 0) is 43.8 Å². The molecule has 0 heterocycles. The summed E-state index contributed by atoms with van der Waals surface area (Å²) in [5.74, 6) is -0.134. The minimum atomic E-state index is -0.327. The molecular weight excluding hydrogens is 390 g/mol. The summed E-state index contributed by atoms with van der Waals surface area (Å²) in [6.45, 7) is 2.49. The average Bonchev–Trinajstić information content (AvgIpc) is 2.56. The second-order valence-electron chi connectivity index (χ2n) is 5.48. The molecule has 2 aromatic rings. The molecule has 0 radical (unpaired) electrons. The third-order valence-corrected chi connectivity index (χ3v) is 4.86. The maximum absolute atomic E-state index is 12.4. The lowest BCUT2D eigenvalue weighted by molar-refractivity contribution is -0.120. The number of benzene rings is 2. The summed E-state index contributed by atoms with van der Waals surface area (Å²) in [6.07, 6.45) is 0. The number of amides is 1. The summed E-state index contributed by atoms with van der Waals surface area (Å²) in [7, 11) is 1.90. The third kappa shape index (κ3) is 4.57. The molecular formula is C18H17BrClN3O. The molecule has 0 saturated carbocycles. The Hall–Kier alpha value is -1.87. The Kier molecular flexibility index (Phi) is 6.38. The van der Waals surface area contributed by atoms with Gasteiger partial charge < -0.3 is 5.32 Å². The molecule has 0 spiro atoms. The summed E-state index contributed by atoms with van der Waals surface area (Å²) in [5.41, 5.74) is 2.07.